The molecule has 0 spiro atoms. The minimum Gasteiger partial charge on any atom is -0.491 e. The molecule has 1 aromatic carbocycles. The maximum Gasteiger partial charge on any atom is 0.119 e. The van der Waals surface area contributed by atoms with Gasteiger partial charge in [-0.15, -0.1) is 0 Å². The minimum absolute atomic E-state index is 0.109. The molecule has 3 nitrogen and oxygen atoms in total. The van der Waals surface area contributed by atoms with Gasteiger partial charge in [-0.25, -0.2) is 0 Å². The number of rotatable bonds is 5. The van der Waals surface area contributed by atoms with E-state index in [0.717, 1.165) is 17.7 Å². The van der Waals surface area contributed by atoms with E-state index in [2.05, 4.69) is 6.92 Å². The number of benzene rings is 1. The Balaban J connectivity index is 2.84. The maximum absolute atomic E-state index is 8.85. The van der Waals surface area contributed by atoms with Crippen molar-refractivity contribution in [1.29, 1.82) is 5.26 Å². The van der Waals surface area contributed by atoms with E-state index in [-0.39, 0.29) is 11.1 Å². The van der Waals surface area contributed by atoms with Crippen LogP contribution in [0.1, 0.15) is 25.8 Å². The van der Waals surface area contributed by atoms with Gasteiger partial charge in [0.1, 0.15) is 16.8 Å². The largest absolute Gasteiger partial charge is 0.491 e. The number of hydrogen-bond donors (Lipinski definition) is 1. The van der Waals surface area contributed by atoms with E-state index in [0.29, 0.717) is 5.57 Å². The molecule has 0 heterocycles. The van der Waals surface area contributed by atoms with E-state index in [9.17, 15) is 0 Å². The van der Waals surface area contributed by atoms with Crippen molar-refractivity contribution in [2.75, 3.05) is 0 Å². The van der Waals surface area contributed by atoms with Crippen LogP contribution in [-0.2, 0) is 0 Å². The van der Waals surface area contributed by atoms with Crippen LogP contribution in [0.15, 0.2) is 29.8 Å². The normalized spacial score (nSPS) is 12.6. The number of nitrogens with two attached hydrogens (primary N) is 1. The third-order valence-corrected chi connectivity index (χ3v) is 2.71. The molecule has 0 amide bonds. The third kappa shape index (κ3) is 4.19. The smallest absolute Gasteiger partial charge is 0.119 e. The first-order valence-electron chi connectivity index (χ1n) is 5.75. The second kappa shape index (κ2) is 6.77. The molecule has 2 N–H and O–H groups in total. The summed E-state index contributed by atoms with van der Waals surface area (Å²) in [5.74, 6) is 0.815. The Hall–Kier alpha value is -1.86. The molecular weight excluding hydrogens is 244 g/mol. The summed E-state index contributed by atoms with van der Waals surface area (Å²) < 4.78 is 5.66. The van der Waals surface area contributed by atoms with E-state index in [1.807, 2.05) is 37.3 Å². The summed E-state index contributed by atoms with van der Waals surface area (Å²) in [5.41, 5.74) is 6.60. The number of ether oxygens (including phenoxy) is 1. The zero-order chi connectivity index (χ0) is 13.5. The Morgan fingerprint density at radius 3 is 2.56 bits per heavy atom. The van der Waals surface area contributed by atoms with E-state index in [4.69, 9.17) is 28.0 Å². The highest BCUT2D eigenvalue weighted by Gasteiger charge is 2.02. The van der Waals surface area contributed by atoms with Gasteiger partial charge in [0, 0.05) is 0 Å². The second-order valence-electron chi connectivity index (χ2n) is 3.94. The Kier molecular flexibility index (Phi) is 5.34. The van der Waals surface area contributed by atoms with Gasteiger partial charge in [0.25, 0.3) is 0 Å². The summed E-state index contributed by atoms with van der Waals surface area (Å²) in [6, 6.07) is 9.44. The summed E-state index contributed by atoms with van der Waals surface area (Å²) in [6.07, 6.45) is 2.81. The summed E-state index contributed by atoms with van der Waals surface area (Å²) >= 11 is 4.78. The fourth-order valence-corrected chi connectivity index (χ4v) is 1.39. The lowest BCUT2D eigenvalue weighted by atomic mass is 10.1. The zero-order valence-electron chi connectivity index (χ0n) is 10.5. The van der Waals surface area contributed by atoms with Crippen LogP contribution in [0.25, 0.3) is 6.08 Å². The predicted octanol–water partition coefficient (Wildman–Crippen LogP) is 3.06. The number of thiocarbonyl (C=S) groups is 1. The molecule has 0 aliphatic heterocycles. The van der Waals surface area contributed by atoms with Crippen molar-refractivity contribution in [3.8, 4) is 11.8 Å². The Labute approximate surface area is 113 Å². The Morgan fingerprint density at radius 2 is 2.11 bits per heavy atom. The molecule has 1 rings (SSSR count). The lowest BCUT2D eigenvalue weighted by Crippen LogP contribution is -2.10. The van der Waals surface area contributed by atoms with Gasteiger partial charge in [0.2, 0.25) is 0 Å². The third-order valence-electron chi connectivity index (χ3n) is 2.49. The van der Waals surface area contributed by atoms with Gasteiger partial charge in [-0.3, -0.25) is 0 Å². The molecule has 18 heavy (non-hydrogen) atoms. The van der Waals surface area contributed by atoms with Crippen LogP contribution in [0, 0.1) is 11.3 Å². The van der Waals surface area contributed by atoms with Crippen molar-refractivity contribution in [2.45, 2.75) is 26.4 Å². The van der Waals surface area contributed by atoms with Gasteiger partial charge in [0.15, 0.2) is 0 Å². The number of nitrogens with zero attached hydrogens (tertiary/aromatic N) is 1. The summed E-state index contributed by atoms with van der Waals surface area (Å²) in [5, 5.41) is 8.85. The minimum atomic E-state index is 0.109. The van der Waals surface area contributed by atoms with Crippen molar-refractivity contribution in [3.05, 3.63) is 35.4 Å². The van der Waals surface area contributed by atoms with E-state index in [1.165, 1.54) is 0 Å². The molecule has 0 aliphatic rings. The average molecular weight is 260 g/mol. The molecule has 0 aliphatic carbocycles. The lowest BCUT2D eigenvalue weighted by Gasteiger charge is -2.12. The van der Waals surface area contributed by atoms with Crippen molar-refractivity contribution in [3.63, 3.8) is 0 Å². The molecule has 0 saturated carbocycles. The predicted molar refractivity (Wildman–Crippen MR) is 77.2 cm³/mol. The second-order valence-corrected chi connectivity index (χ2v) is 4.38. The molecule has 94 valence electrons. The van der Waals surface area contributed by atoms with Gasteiger partial charge in [0.05, 0.1) is 11.7 Å². The summed E-state index contributed by atoms with van der Waals surface area (Å²) in [7, 11) is 0. The molecular formula is C14H16N2OS. The SMILES string of the molecule is CC[C@H](C)Oc1ccc(/C=C(/C#N)C(N)=S)cc1. The van der Waals surface area contributed by atoms with E-state index < -0.39 is 0 Å². The average Bonchev–Trinajstić information content (AvgIpc) is 2.37. The summed E-state index contributed by atoms with van der Waals surface area (Å²) in [6.45, 7) is 4.09. The highest BCUT2D eigenvalue weighted by Crippen LogP contribution is 2.16. The quantitative estimate of drug-likeness (QED) is 0.502. The molecule has 4 heteroatoms. The number of hydrogen-bond acceptors (Lipinski definition) is 3. The Morgan fingerprint density at radius 1 is 1.50 bits per heavy atom. The topological polar surface area (TPSA) is 59.0 Å². The highest BCUT2D eigenvalue weighted by molar-refractivity contribution is 7.80. The molecule has 0 unspecified atom stereocenters. The van der Waals surface area contributed by atoms with Crippen LogP contribution in [0.2, 0.25) is 0 Å². The van der Waals surface area contributed by atoms with Crippen molar-refractivity contribution >= 4 is 23.3 Å². The first-order chi connectivity index (χ1) is 8.56. The van der Waals surface area contributed by atoms with Crippen molar-refractivity contribution in [2.24, 2.45) is 5.73 Å². The van der Waals surface area contributed by atoms with Gasteiger partial charge in [-0.2, -0.15) is 5.26 Å². The van der Waals surface area contributed by atoms with Crippen LogP contribution >= 0.6 is 12.2 Å². The maximum atomic E-state index is 8.85. The van der Waals surface area contributed by atoms with Gasteiger partial charge in [-0.05, 0) is 37.1 Å². The highest BCUT2D eigenvalue weighted by atomic mass is 32.1. The monoisotopic (exact) mass is 260 g/mol. The van der Waals surface area contributed by atoms with Gasteiger partial charge < -0.3 is 10.5 Å². The zero-order valence-corrected chi connectivity index (χ0v) is 11.3. The standard InChI is InChI=1S/C14H16N2OS/c1-3-10(2)17-13-6-4-11(5-7-13)8-12(9-15)14(16)18/h4-8,10H,3H2,1-2H3,(H2,16,18)/b12-8-/t10-/m0/s1. The van der Waals surface area contributed by atoms with Crippen LogP contribution in [0.4, 0.5) is 0 Å². The fraction of sp³-hybridized carbons (Fsp3) is 0.286. The van der Waals surface area contributed by atoms with Gasteiger partial charge >= 0.3 is 0 Å². The van der Waals surface area contributed by atoms with E-state index >= 15 is 0 Å². The van der Waals surface area contributed by atoms with E-state index in [1.54, 1.807) is 6.08 Å². The molecule has 0 saturated heterocycles. The molecule has 1 aromatic rings. The first-order valence-corrected chi connectivity index (χ1v) is 6.16. The molecule has 0 radical (unpaired) electrons. The molecule has 1 atom stereocenters. The Bertz CT molecular complexity index is 486. The molecule has 0 aromatic heterocycles. The fourth-order valence-electron chi connectivity index (χ4n) is 1.28. The molecule has 0 bridgehead atoms. The van der Waals surface area contributed by atoms with Crippen LogP contribution in [0.5, 0.6) is 5.75 Å². The van der Waals surface area contributed by atoms with Crippen LogP contribution in [-0.4, -0.2) is 11.1 Å². The van der Waals surface area contributed by atoms with Crippen LogP contribution in [0.3, 0.4) is 0 Å². The number of nitriles is 1. The lowest BCUT2D eigenvalue weighted by molar-refractivity contribution is 0.217. The van der Waals surface area contributed by atoms with Gasteiger partial charge in [-0.1, -0.05) is 31.3 Å². The summed E-state index contributed by atoms with van der Waals surface area (Å²) in [4.78, 5) is 0.109. The van der Waals surface area contributed by atoms with Crippen LogP contribution < -0.4 is 10.5 Å². The van der Waals surface area contributed by atoms with Crippen molar-refractivity contribution in [1.82, 2.24) is 0 Å². The van der Waals surface area contributed by atoms with Crippen molar-refractivity contribution < 1.29 is 4.74 Å². The first kappa shape index (κ1) is 14.2. The molecule has 0 fully saturated rings.